The molecule has 1 rings (SSSR count). The lowest BCUT2D eigenvalue weighted by molar-refractivity contribution is -0.138. The summed E-state index contributed by atoms with van der Waals surface area (Å²) in [5.74, 6) is 0.694. The predicted octanol–water partition coefficient (Wildman–Crippen LogP) is 2.87. The quantitative estimate of drug-likeness (QED) is 0.700. The van der Waals surface area contributed by atoms with Crippen LogP contribution in [0.1, 0.15) is 59.3 Å². The maximum atomic E-state index is 12.3. The SMILES string of the molecule is C/C=C\CC[C@@H](C)C[C@@H](C)CC(=O)N1CCC[C@H]1C(N)=O. The van der Waals surface area contributed by atoms with E-state index in [2.05, 4.69) is 26.0 Å². The molecule has 1 heterocycles. The van der Waals surface area contributed by atoms with E-state index in [0.29, 0.717) is 24.8 Å². The lowest BCUT2D eigenvalue weighted by Gasteiger charge is -2.24. The van der Waals surface area contributed by atoms with Crippen molar-refractivity contribution in [1.29, 1.82) is 0 Å². The summed E-state index contributed by atoms with van der Waals surface area (Å²) in [6.07, 6.45) is 9.72. The summed E-state index contributed by atoms with van der Waals surface area (Å²) in [6.45, 7) is 7.08. The van der Waals surface area contributed by atoms with Crippen molar-refractivity contribution < 1.29 is 9.59 Å². The molecule has 120 valence electrons. The highest BCUT2D eigenvalue weighted by atomic mass is 16.2. The summed E-state index contributed by atoms with van der Waals surface area (Å²) in [4.78, 5) is 25.4. The summed E-state index contributed by atoms with van der Waals surface area (Å²) >= 11 is 0. The first-order valence-electron chi connectivity index (χ1n) is 8.15. The van der Waals surface area contributed by atoms with E-state index >= 15 is 0 Å². The molecular formula is C17H30N2O2. The zero-order valence-electron chi connectivity index (χ0n) is 13.7. The fourth-order valence-corrected chi connectivity index (χ4v) is 3.21. The number of allylic oxidation sites excluding steroid dienone is 2. The van der Waals surface area contributed by atoms with Crippen LogP contribution in [0.25, 0.3) is 0 Å². The van der Waals surface area contributed by atoms with Crippen molar-refractivity contribution >= 4 is 11.8 Å². The minimum Gasteiger partial charge on any atom is -0.368 e. The van der Waals surface area contributed by atoms with Gasteiger partial charge in [0.1, 0.15) is 6.04 Å². The molecule has 1 fully saturated rings. The highest BCUT2D eigenvalue weighted by molar-refractivity contribution is 5.87. The average Bonchev–Trinajstić information content (AvgIpc) is 2.88. The molecule has 2 N–H and O–H groups in total. The van der Waals surface area contributed by atoms with Crippen LogP contribution in [0.2, 0.25) is 0 Å². The van der Waals surface area contributed by atoms with E-state index in [1.807, 2.05) is 6.92 Å². The first kappa shape index (κ1) is 17.7. The minimum atomic E-state index is -0.378. The third-order valence-electron chi connectivity index (χ3n) is 4.29. The molecular weight excluding hydrogens is 264 g/mol. The van der Waals surface area contributed by atoms with Crippen LogP contribution in [-0.4, -0.2) is 29.3 Å². The molecule has 2 amide bonds. The van der Waals surface area contributed by atoms with Crippen molar-refractivity contribution in [3.8, 4) is 0 Å². The van der Waals surface area contributed by atoms with Crippen molar-refractivity contribution in [3.63, 3.8) is 0 Å². The van der Waals surface area contributed by atoms with Crippen LogP contribution >= 0.6 is 0 Å². The van der Waals surface area contributed by atoms with E-state index in [1.54, 1.807) is 4.90 Å². The smallest absolute Gasteiger partial charge is 0.240 e. The van der Waals surface area contributed by atoms with Gasteiger partial charge in [-0.25, -0.2) is 0 Å². The molecule has 3 atom stereocenters. The molecule has 0 aliphatic carbocycles. The number of carbonyl (C=O) groups excluding carboxylic acids is 2. The summed E-state index contributed by atoms with van der Waals surface area (Å²) in [5.41, 5.74) is 5.37. The Bertz CT molecular complexity index is 379. The van der Waals surface area contributed by atoms with Gasteiger partial charge in [0.05, 0.1) is 0 Å². The second kappa shape index (κ2) is 8.85. The van der Waals surface area contributed by atoms with Gasteiger partial charge in [0.25, 0.3) is 0 Å². The topological polar surface area (TPSA) is 63.4 Å². The summed E-state index contributed by atoms with van der Waals surface area (Å²) in [5, 5.41) is 0. The second-order valence-corrected chi connectivity index (χ2v) is 6.44. The number of nitrogens with two attached hydrogens (primary N) is 1. The highest BCUT2D eigenvalue weighted by Gasteiger charge is 2.32. The number of primary amides is 1. The van der Waals surface area contributed by atoms with Crippen molar-refractivity contribution in [3.05, 3.63) is 12.2 Å². The van der Waals surface area contributed by atoms with Gasteiger partial charge < -0.3 is 10.6 Å². The van der Waals surface area contributed by atoms with Gasteiger partial charge in [-0.05, 0) is 50.9 Å². The van der Waals surface area contributed by atoms with Gasteiger partial charge in [-0.15, -0.1) is 0 Å². The van der Waals surface area contributed by atoms with E-state index in [-0.39, 0.29) is 17.9 Å². The second-order valence-electron chi connectivity index (χ2n) is 6.44. The molecule has 21 heavy (non-hydrogen) atoms. The number of amides is 2. The number of rotatable bonds is 8. The summed E-state index contributed by atoms with van der Waals surface area (Å²) < 4.78 is 0. The molecule has 0 aromatic rings. The van der Waals surface area contributed by atoms with Gasteiger partial charge in [0.2, 0.25) is 11.8 Å². The number of hydrogen-bond acceptors (Lipinski definition) is 2. The number of carbonyl (C=O) groups is 2. The minimum absolute atomic E-state index is 0.0875. The number of hydrogen-bond donors (Lipinski definition) is 1. The van der Waals surface area contributed by atoms with Gasteiger partial charge >= 0.3 is 0 Å². The Labute approximate surface area is 128 Å². The Morgan fingerprint density at radius 3 is 2.67 bits per heavy atom. The molecule has 0 bridgehead atoms. The predicted molar refractivity (Wildman–Crippen MR) is 85.5 cm³/mol. The molecule has 1 aliphatic heterocycles. The first-order valence-corrected chi connectivity index (χ1v) is 8.15. The van der Waals surface area contributed by atoms with E-state index < -0.39 is 0 Å². The van der Waals surface area contributed by atoms with Gasteiger partial charge in [-0.2, -0.15) is 0 Å². The Hall–Kier alpha value is -1.32. The lowest BCUT2D eigenvalue weighted by Crippen LogP contribution is -2.44. The first-order chi connectivity index (χ1) is 9.95. The van der Waals surface area contributed by atoms with Crippen LogP contribution in [0.15, 0.2) is 12.2 Å². The van der Waals surface area contributed by atoms with Crippen molar-refractivity contribution in [2.75, 3.05) is 6.54 Å². The van der Waals surface area contributed by atoms with E-state index in [9.17, 15) is 9.59 Å². The largest absolute Gasteiger partial charge is 0.368 e. The average molecular weight is 294 g/mol. The van der Waals surface area contributed by atoms with Crippen LogP contribution in [0.5, 0.6) is 0 Å². The summed E-state index contributed by atoms with van der Waals surface area (Å²) in [6, 6.07) is -0.378. The van der Waals surface area contributed by atoms with E-state index in [4.69, 9.17) is 5.73 Å². The van der Waals surface area contributed by atoms with Crippen LogP contribution in [-0.2, 0) is 9.59 Å². The monoisotopic (exact) mass is 294 g/mol. The van der Waals surface area contributed by atoms with Gasteiger partial charge in [-0.3, -0.25) is 9.59 Å². The molecule has 1 saturated heterocycles. The molecule has 0 spiro atoms. The fourth-order valence-electron chi connectivity index (χ4n) is 3.21. The highest BCUT2D eigenvalue weighted by Crippen LogP contribution is 2.23. The molecule has 4 heteroatoms. The molecule has 0 radical (unpaired) electrons. The Morgan fingerprint density at radius 1 is 1.33 bits per heavy atom. The fraction of sp³-hybridized carbons (Fsp3) is 0.765. The van der Waals surface area contributed by atoms with Crippen LogP contribution in [0.4, 0.5) is 0 Å². The van der Waals surface area contributed by atoms with E-state index in [1.165, 1.54) is 0 Å². The van der Waals surface area contributed by atoms with Gasteiger partial charge in [0, 0.05) is 13.0 Å². The maximum Gasteiger partial charge on any atom is 0.240 e. The summed E-state index contributed by atoms with van der Waals surface area (Å²) in [7, 11) is 0. The Morgan fingerprint density at radius 2 is 2.05 bits per heavy atom. The number of likely N-dealkylation sites (tertiary alicyclic amines) is 1. The van der Waals surface area contributed by atoms with Crippen molar-refractivity contribution in [1.82, 2.24) is 4.90 Å². The molecule has 0 aromatic carbocycles. The number of nitrogens with zero attached hydrogens (tertiary/aromatic N) is 1. The third-order valence-corrected chi connectivity index (χ3v) is 4.29. The molecule has 0 aromatic heterocycles. The lowest BCUT2D eigenvalue weighted by atomic mass is 9.91. The van der Waals surface area contributed by atoms with Gasteiger partial charge in [-0.1, -0.05) is 26.0 Å². The standard InChI is InChI=1S/C17H30N2O2/c1-4-5-6-8-13(2)11-14(3)12-16(20)19-10-7-9-15(19)17(18)21/h4-5,13-15H,6-12H2,1-3H3,(H2,18,21)/b5-4-/t13-,14-,15+/m1/s1. The van der Waals surface area contributed by atoms with Crippen LogP contribution < -0.4 is 5.73 Å². The molecule has 0 unspecified atom stereocenters. The normalized spacial score (nSPS) is 21.7. The van der Waals surface area contributed by atoms with Crippen LogP contribution in [0.3, 0.4) is 0 Å². The zero-order chi connectivity index (χ0) is 15.8. The van der Waals surface area contributed by atoms with Crippen molar-refractivity contribution in [2.24, 2.45) is 17.6 Å². The van der Waals surface area contributed by atoms with Gasteiger partial charge in [0.15, 0.2) is 0 Å². The third kappa shape index (κ3) is 5.90. The molecule has 0 saturated carbocycles. The van der Waals surface area contributed by atoms with Crippen molar-refractivity contribution in [2.45, 2.75) is 65.3 Å². The maximum absolute atomic E-state index is 12.3. The Balaban J connectivity index is 2.38. The van der Waals surface area contributed by atoms with Crippen LogP contribution in [0, 0.1) is 11.8 Å². The molecule has 4 nitrogen and oxygen atoms in total. The molecule has 1 aliphatic rings. The van der Waals surface area contributed by atoms with E-state index in [0.717, 1.165) is 32.1 Å². The Kier molecular flexibility index (Phi) is 7.48. The zero-order valence-corrected chi connectivity index (χ0v) is 13.7.